The maximum atomic E-state index is 12.0. The molecule has 18 heteroatoms. The van der Waals surface area contributed by atoms with E-state index in [0.29, 0.717) is 36.5 Å². The Morgan fingerprint density at radius 2 is 1.27 bits per heavy atom. The van der Waals surface area contributed by atoms with E-state index in [1.807, 2.05) is 6.92 Å². The molecule has 0 aromatic heterocycles. The zero-order valence-corrected chi connectivity index (χ0v) is 37.3. The van der Waals surface area contributed by atoms with E-state index in [9.17, 15) is 56.2 Å². The number of hydrogen-bond acceptors (Lipinski definition) is 18. The first-order valence-electron chi connectivity index (χ1n) is 23.7. The zero-order valence-electron chi connectivity index (χ0n) is 37.3. The van der Waals surface area contributed by atoms with Gasteiger partial charge < -0.3 is 89.3 Å². The monoisotopic (exact) mass is 905 g/mol. The third-order valence-electron chi connectivity index (χ3n) is 17.9. The van der Waals surface area contributed by atoms with E-state index in [0.717, 1.165) is 51.4 Å². The second-order valence-electron chi connectivity index (χ2n) is 21.5. The van der Waals surface area contributed by atoms with E-state index in [1.54, 1.807) is 0 Å². The molecule has 4 aliphatic carbocycles. The first-order valence-corrected chi connectivity index (χ1v) is 23.7. The quantitative estimate of drug-likeness (QED) is 0.107. The minimum Gasteiger partial charge on any atom is -0.394 e. The average molecular weight is 905 g/mol. The van der Waals surface area contributed by atoms with Gasteiger partial charge in [-0.05, 0) is 111 Å². The van der Waals surface area contributed by atoms with Crippen LogP contribution >= 0.6 is 0 Å². The Bertz CT molecular complexity index is 1540. The summed E-state index contributed by atoms with van der Waals surface area (Å²) in [6.07, 6.45) is -11.7. The van der Waals surface area contributed by atoms with Gasteiger partial charge in [-0.2, -0.15) is 0 Å². The average Bonchev–Trinajstić information content (AvgIpc) is 3.70. The number of rotatable bonds is 12. The molecule has 8 aliphatic rings. The molecule has 364 valence electrons. The predicted molar refractivity (Wildman–Crippen MR) is 218 cm³/mol. The van der Waals surface area contributed by atoms with Crippen molar-refractivity contribution in [3.05, 3.63) is 0 Å². The van der Waals surface area contributed by atoms with Gasteiger partial charge in [-0.15, -0.1) is 0 Å². The summed E-state index contributed by atoms with van der Waals surface area (Å²) in [6.45, 7) is 9.82. The lowest BCUT2D eigenvalue weighted by Crippen LogP contribution is -2.61. The van der Waals surface area contributed by atoms with Crippen molar-refractivity contribution < 1.29 is 89.3 Å². The van der Waals surface area contributed by atoms with Crippen molar-refractivity contribution in [2.24, 2.45) is 52.3 Å². The normalized spacial score (nSPS) is 56.3. The number of hydrogen-bond donors (Lipinski definition) is 11. The van der Waals surface area contributed by atoms with Crippen LogP contribution in [-0.4, -0.2) is 186 Å². The van der Waals surface area contributed by atoms with Crippen molar-refractivity contribution in [1.82, 2.24) is 0 Å². The molecular weight excluding hydrogens is 828 g/mol. The SMILES string of the molecule is C[C@H](CC[C@@]1(O)OC2CC3C4CCC5CC(O[C@@H]6O[C@H](CO[C@@H]7O[C@@H](C)[C@H](O)[C@@H](O)[C@H]7O)[C@H](O)[C@H](O)[C@H]6O)CCC5(C)C4CCC3(C)C2[C@@H]1C)CO[C@@H]1O[C@H](CO)[C@@H](O)[C@H](O)[C@H]1O. The summed E-state index contributed by atoms with van der Waals surface area (Å²) in [6, 6.07) is 0. The molecule has 0 amide bonds. The van der Waals surface area contributed by atoms with Crippen molar-refractivity contribution >= 4 is 0 Å². The first kappa shape index (κ1) is 48.7. The third-order valence-corrected chi connectivity index (χ3v) is 17.9. The molecule has 4 heterocycles. The topological polar surface area (TPSA) is 287 Å². The maximum Gasteiger partial charge on any atom is 0.186 e. The molecule has 8 rings (SSSR count). The van der Waals surface area contributed by atoms with Gasteiger partial charge in [0.15, 0.2) is 24.7 Å². The van der Waals surface area contributed by atoms with Crippen molar-refractivity contribution in [2.45, 2.75) is 209 Å². The molecule has 18 nitrogen and oxygen atoms in total. The van der Waals surface area contributed by atoms with E-state index in [-0.39, 0.29) is 54.0 Å². The van der Waals surface area contributed by atoms with Crippen LogP contribution in [0.1, 0.15) is 98.8 Å². The summed E-state index contributed by atoms with van der Waals surface area (Å²) in [4.78, 5) is 0. The summed E-state index contributed by atoms with van der Waals surface area (Å²) in [5.74, 6) is 0.753. The summed E-state index contributed by atoms with van der Waals surface area (Å²) in [7, 11) is 0. The Labute approximate surface area is 369 Å². The molecule has 4 saturated heterocycles. The molecule has 9 unspecified atom stereocenters. The maximum absolute atomic E-state index is 12.0. The summed E-state index contributed by atoms with van der Waals surface area (Å²) in [5.41, 5.74) is 0.120. The van der Waals surface area contributed by atoms with Gasteiger partial charge in [-0.1, -0.05) is 27.7 Å². The van der Waals surface area contributed by atoms with Crippen LogP contribution in [0.4, 0.5) is 0 Å². The van der Waals surface area contributed by atoms with Crippen LogP contribution < -0.4 is 0 Å². The van der Waals surface area contributed by atoms with E-state index >= 15 is 0 Å². The van der Waals surface area contributed by atoms with Crippen molar-refractivity contribution in [1.29, 1.82) is 0 Å². The lowest BCUT2D eigenvalue weighted by atomic mass is 9.44. The van der Waals surface area contributed by atoms with Crippen LogP contribution in [0.3, 0.4) is 0 Å². The summed E-state index contributed by atoms with van der Waals surface area (Å²) >= 11 is 0. The smallest absolute Gasteiger partial charge is 0.186 e. The number of ether oxygens (including phenoxy) is 7. The number of fused-ring (bicyclic) bond motifs is 7. The molecule has 11 N–H and O–H groups in total. The van der Waals surface area contributed by atoms with Crippen molar-refractivity contribution in [3.8, 4) is 0 Å². The zero-order chi connectivity index (χ0) is 45.5. The van der Waals surface area contributed by atoms with E-state index in [4.69, 9.17) is 33.2 Å². The molecule has 4 saturated carbocycles. The van der Waals surface area contributed by atoms with Crippen LogP contribution in [-0.2, 0) is 33.2 Å². The molecule has 0 bridgehead atoms. The van der Waals surface area contributed by atoms with Crippen molar-refractivity contribution in [3.63, 3.8) is 0 Å². The van der Waals surface area contributed by atoms with Gasteiger partial charge in [0.25, 0.3) is 0 Å². The van der Waals surface area contributed by atoms with Gasteiger partial charge in [0, 0.05) is 12.3 Å². The molecular formula is C45H76O18. The fraction of sp³-hybridized carbons (Fsp3) is 1.00. The Balaban J connectivity index is 0.834. The standard InChI is InChI=1S/C45H76O18/c1-19(17-57-41-38(54)35(51)32(48)28(16-46)61-41)8-13-45(56)20(2)30-27(63-45)15-26-24-7-6-22-14-23(9-11-43(22,4)25(24)10-12-44(26,30)5)60-42-39(55)36(52)33(49)29(62-42)18-58-40-37(53)34(50)31(47)21(3)59-40/h19-42,46-56H,6-18H2,1-5H3/t19-,20+,21+,22?,23?,24?,25?,26?,27?,28-,29-,30?,31+,32-,33+,34-,35+,36+,37-,38-,39-,40-,41-,42-,43?,44?,45-/m1/s1. The second-order valence-corrected chi connectivity index (χ2v) is 21.5. The van der Waals surface area contributed by atoms with E-state index in [1.165, 1.54) is 6.92 Å². The van der Waals surface area contributed by atoms with Gasteiger partial charge >= 0.3 is 0 Å². The highest BCUT2D eigenvalue weighted by molar-refractivity contribution is 5.15. The minimum atomic E-state index is -1.58. The minimum absolute atomic E-state index is 0.0255. The van der Waals surface area contributed by atoms with Crippen LogP contribution in [0.25, 0.3) is 0 Å². The lowest BCUT2D eigenvalue weighted by molar-refractivity contribution is -0.336. The molecule has 0 aromatic rings. The number of aliphatic hydroxyl groups excluding tert-OH is 10. The van der Waals surface area contributed by atoms with Gasteiger partial charge in [-0.25, -0.2) is 0 Å². The fourth-order valence-corrected chi connectivity index (χ4v) is 14.0. The Kier molecular flexibility index (Phi) is 14.4. The molecule has 0 spiro atoms. The highest BCUT2D eigenvalue weighted by atomic mass is 16.7. The molecule has 0 radical (unpaired) electrons. The van der Waals surface area contributed by atoms with Crippen LogP contribution in [0.15, 0.2) is 0 Å². The van der Waals surface area contributed by atoms with Gasteiger partial charge in [-0.3, -0.25) is 0 Å². The fourth-order valence-electron chi connectivity index (χ4n) is 14.0. The largest absolute Gasteiger partial charge is 0.394 e. The molecule has 0 aromatic carbocycles. The third kappa shape index (κ3) is 8.71. The summed E-state index contributed by atoms with van der Waals surface area (Å²) < 4.78 is 41.5. The van der Waals surface area contributed by atoms with Gasteiger partial charge in [0.05, 0.1) is 38.1 Å². The second kappa shape index (κ2) is 18.6. The molecule has 63 heavy (non-hydrogen) atoms. The molecule has 8 fully saturated rings. The van der Waals surface area contributed by atoms with Gasteiger partial charge in [0.2, 0.25) is 0 Å². The Morgan fingerprint density at radius 1 is 0.651 bits per heavy atom. The Hall–Kier alpha value is -0.720. The molecule has 4 aliphatic heterocycles. The van der Waals surface area contributed by atoms with E-state index < -0.39 is 105 Å². The van der Waals surface area contributed by atoms with E-state index in [2.05, 4.69) is 20.8 Å². The molecule has 27 atom stereocenters. The van der Waals surface area contributed by atoms with Crippen LogP contribution in [0.5, 0.6) is 0 Å². The highest BCUT2D eigenvalue weighted by Crippen LogP contribution is 2.71. The highest BCUT2D eigenvalue weighted by Gasteiger charge is 2.68. The van der Waals surface area contributed by atoms with Crippen molar-refractivity contribution in [2.75, 3.05) is 19.8 Å². The first-order chi connectivity index (χ1) is 29.7. The van der Waals surface area contributed by atoms with Crippen LogP contribution in [0, 0.1) is 52.3 Å². The predicted octanol–water partition coefficient (Wildman–Crippen LogP) is -0.752. The lowest BCUT2D eigenvalue weighted by Gasteiger charge is -2.61. The van der Waals surface area contributed by atoms with Gasteiger partial charge in [0.1, 0.15) is 67.1 Å². The summed E-state index contributed by atoms with van der Waals surface area (Å²) in [5, 5.41) is 115. The Morgan fingerprint density at radius 3 is 1.97 bits per heavy atom. The number of aliphatic hydroxyl groups is 11. The van der Waals surface area contributed by atoms with Crippen LogP contribution in [0.2, 0.25) is 0 Å².